The van der Waals surface area contributed by atoms with Crippen LogP contribution in [0.3, 0.4) is 0 Å². The van der Waals surface area contributed by atoms with Gasteiger partial charge in [-0.2, -0.15) is 0 Å². The van der Waals surface area contributed by atoms with Crippen molar-refractivity contribution in [3.8, 4) is 0 Å². The summed E-state index contributed by atoms with van der Waals surface area (Å²) in [5, 5.41) is 2.00. The van der Waals surface area contributed by atoms with Crippen LogP contribution in [0.25, 0.3) is 10.8 Å². The Morgan fingerprint density at radius 1 is 0.727 bits per heavy atom. The largest absolute Gasteiger partial charge is 0.458 e. The van der Waals surface area contributed by atoms with E-state index < -0.39 is 29.7 Å². The summed E-state index contributed by atoms with van der Waals surface area (Å²) in [6, 6.07) is 25.1. The zero-order valence-corrected chi connectivity index (χ0v) is 17.5. The Morgan fingerprint density at radius 2 is 1.45 bits per heavy atom. The van der Waals surface area contributed by atoms with Gasteiger partial charge in [0.2, 0.25) is 6.10 Å². The third-order valence-corrected chi connectivity index (χ3v) is 5.13. The molecule has 0 aliphatic carbocycles. The Kier molecular flexibility index (Phi) is 6.74. The molecule has 33 heavy (non-hydrogen) atoms. The van der Waals surface area contributed by atoms with E-state index in [1.54, 1.807) is 12.1 Å². The smallest absolute Gasteiger partial charge is 0.348 e. The van der Waals surface area contributed by atoms with Gasteiger partial charge in [-0.15, -0.1) is 0 Å². The predicted octanol–water partition coefficient (Wildman–Crippen LogP) is 5.63. The van der Waals surface area contributed by atoms with Gasteiger partial charge in [0, 0.05) is 6.42 Å². The van der Waals surface area contributed by atoms with Gasteiger partial charge in [0.05, 0.1) is 5.56 Å². The van der Waals surface area contributed by atoms with E-state index in [0.717, 1.165) is 40.1 Å². The first-order chi connectivity index (χ1) is 16.0. The quantitative estimate of drug-likeness (QED) is 0.345. The lowest BCUT2D eigenvalue weighted by Crippen LogP contribution is -2.31. The Morgan fingerprint density at radius 3 is 2.21 bits per heavy atom. The highest BCUT2D eigenvalue weighted by molar-refractivity contribution is 5.91. The average molecular weight is 446 g/mol. The van der Waals surface area contributed by atoms with Gasteiger partial charge in [-0.3, -0.25) is 0 Å². The fraction of sp³-hybridized carbons (Fsp3) is 0.111. The minimum absolute atomic E-state index is 0.0105. The molecule has 0 fully saturated rings. The Balaban J connectivity index is 1.55. The zero-order chi connectivity index (χ0) is 23.2. The minimum atomic E-state index is -1.27. The summed E-state index contributed by atoms with van der Waals surface area (Å²) in [6.07, 6.45) is -1.20. The molecule has 0 aromatic heterocycles. The molecule has 4 aromatic carbocycles. The molecule has 0 bridgehead atoms. The molecule has 0 unspecified atom stereocenters. The molecule has 0 saturated carbocycles. The molecule has 4 nitrogen and oxygen atoms in total. The van der Waals surface area contributed by atoms with E-state index in [9.17, 15) is 18.4 Å². The molecule has 0 heterocycles. The molecule has 0 saturated heterocycles. The summed E-state index contributed by atoms with van der Waals surface area (Å²) in [6.45, 7) is 0.0105. The number of benzene rings is 4. The van der Waals surface area contributed by atoms with Crippen molar-refractivity contribution in [2.45, 2.75) is 19.1 Å². The lowest BCUT2D eigenvalue weighted by Gasteiger charge is -2.18. The third kappa shape index (κ3) is 5.60. The Hall–Kier alpha value is -4.06. The maximum absolute atomic E-state index is 13.6. The van der Waals surface area contributed by atoms with E-state index >= 15 is 0 Å². The summed E-state index contributed by atoms with van der Waals surface area (Å²) >= 11 is 0. The van der Waals surface area contributed by atoms with Crippen LogP contribution in [0.1, 0.15) is 21.5 Å². The van der Waals surface area contributed by atoms with E-state index in [-0.39, 0.29) is 18.6 Å². The highest BCUT2D eigenvalue weighted by Gasteiger charge is 2.26. The van der Waals surface area contributed by atoms with Gasteiger partial charge in [0.1, 0.15) is 6.61 Å². The van der Waals surface area contributed by atoms with Crippen LogP contribution in [-0.4, -0.2) is 18.0 Å². The Bertz CT molecular complexity index is 1290. The SMILES string of the molecule is O=C(O[C@H](Cc1ccc2ccccc2c1)C(=O)OCc1ccccc1)c1ccc(F)c(F)c1. The lowest BCUT2D eigenvalue weighted by atomic mass is 10.0. The number of rotatable bonds is 7. The van der Waals surface area contributed by atoms with Crippen LogP contribution in [0.2, 0.25) is 0 Å². The maximum Gasteiger partial charge on any atom is 0.348 e. The molecule has 1 atom stereocenters. The average Bonchev–Trinajstić information content (AvgIpc) is 2.84. The van der Waals surface area contributed by atoms with Crippen molar-refractivity contribution in [2.75, 3.05) is 0 Å². The number of hydrogen-bond acceptors (Lipinski definition) is 4. The topological polar surface area (TPSA) is 52.6 Å². The van der Waals surface area contributed by atoms with Crippen LogP contribution in [-0.2, 0) is 27.3 Å². The first-order valence-electron chi connectivity index (χ1n) is 10.3. The maximum atomic E-state index is 13.6. The van der Waals surface area contributed by atoms with Crippen molar-refractivity contribution in [1.29, 1.82) is 0 Å². The van der Waals surface area contributed by atoms with Gasteiger partial charge in [-0.05, 0) is 40.1 Å². The number of halogens is 2. The van der Waals surface area contributed by atoms with Gasteiger partial charge in [-0.1, -0.05) is 72.8 Å². The van der Waals surface area contributed by atoms with Crippen LogP contribution in [0, 0.1) is 11.6 Å². The van der Waals surface area contributed by atoms with Crippen LogP contribution in [0.4, 0.5) is 8.78 Å². The zero-order valence-electron chi connectivity index (χ0n) is 17.5. The predicted molar refractivity (Wildman–Crippen MR) is 119 cm³/mol. The summed E-state index contributed by atoms with van der Waals surface area (Å²) in [4.78, 5) is 25.4. The van der Waals surface area contributed by atoms with Crippen LogP contribution < -0.4 is 0 Å². The van der Waals surface area contributed by atoms with Crippen molar-refractivity contribution < 1.29 is 27.8 Å². The van der Waals surface area contributed by atoms with Crippen LogP contribution in [0.15, 0.2) is 91.0 Å². The van der Waals surface area contributed by atoms with Crippen LogP contribution in [0.5, 0.6) is 0 Å². The van der Waals surface area contributed by atoms with E-state index in [4.69, 9.17) is 9.47 Å². The second-order valence-electron chi connectivity index (χ2n) is 7.50. The number of carbonyl (C=O) groups is 2. The number of fused-ring (bicyclic) bond motifs is 1. The van der Waals surface area contributed by atoms with E-state index in [0.29, 0.717) is 0 Å². The molecule has 4 rings (SSSR count). The Labute approximate surface area is 189 Å². The van der Waals surface area contributed by atoms with E-state index in [1.165, 1.54) is 0 Å². The summed E-state index contributed by atoms with van der Waals surface area (Å²) in [7, 11) is 0. The molecule has 0 amide bonds. The molecule has 0 aliphatic heterocycles. The van der Waals surface area contributed by atoms with Crippen molar-refractivity contribution in [3.05, 3.63) is 119 Å². The lowest BCUT2D eigenvalue weighted by molar-refractivity contribution is -0.155. The molecule has 4 aromatic rings. The highest BCUT2D eigenvalue weighted by atomic mass is 19.2. The molecule has 0 radical (unpaired) electrons. The molecule has 6 heteroatoms. The molecule has 0 N–H and O–H groups in total. The second kappa shape index (κ2) is 10.0. The minimum Gasteiger partial charge on any atom is -0.458 e. The van der Waals surface area contributed by atoms with E-state index in [2.05, 4.69) is 0 Å². The van der Waals surface area contributed by atoms with E-state index in [1.807, 2.05) is 60.7 Å². The molecule has 0 aliphatic rings. The number of carbonyl (C=O) groups excluding carboxylic acids is 2. The van der Waals surface area contributed by atoms with Crippen LogP contribution >= 0.6 is 0 Å². The van der Waals surface area contributed by atoms with Gasteiger partial charge in [-0.25, -0.2) is 18.4 Å². The van der Waals surface area contributed by atoms with Gasteiger partial charge >= 0.3 is 11.9 Å². The molecular formula is C27H20F2O4. The fourth-order valence-electron chi connectivity index (χ4n) is 3.39. The second-order valence-corrected chi connectivity index (χ2v) is 7.50. The monoisotopic (exact) mass is 446 g/mol. The first kappa shape index (κ1) is 22.1. The standard InChI is InChI=1S/C27H20F2O4/c28-23-13-12-22(16-24(23)29)26(30)33-25(27(31)32-17-18-6-2-1-3-7-18)15-19-10-11-20-8-4-5-9-21(20)14-19/h1-14,16,25H,15,17H2/t25-/m1/s1. The van der Waals surface area contributed by atoms with Crippen molar-refractivity contribution in [1.82, 2.24) is 0 Å². The first-order valence-corrected chi connectivity index (χ1v) is 10.3. The summed E-state index contributed by atoms with van der Waals surface area (Å²) < 4.78 is 37.6. The summed E-state index contributed by atoms with van der Waals surface area (Å²) in [5.74, 6) is -3.94. The van der Waals surface area contributed by atoms with Crippen molar-refractivity contribution in [3.63, 3.8) is 0 Å². The van der Waals surface area contributed by atoms with Crippen molar-refractivity contribution in [2.24, 2.45) is 0 Å². The van der Waals surface area contributed by atoms with Gasteiger partial charge in [0.25, 0.3) is 0 Å². The molecular weight excluding hydrogens is 426 g/mol. The summed E-state index contributed by atoms with van der Waals surface area (Å²) in [5.41, 5.74) is 1.34. The normalized spacial score (nSPS) is 11.7. The number of hydrogen-bond donors (Lipinski definition) is 0. The van der Waals surface area contributed by atoms with Crippen molar-refractivity contribution >= 4 is 22.7 Å². The highest BCUT2D eigenvalue weighted by Crippen LogP contribution is 2.19. The fourth-order valence-corrected chi connectivity index (χ4v) is 3.39. The molecule has 0 spiro atoms. The molecule has 166 valence electrons. The third-order valence-electron chi connectivity index (χ3n) is 5.13. The van der Waals surface area contributed by atoms with Gasteiger partial charge in [0.15, 0.2) is 11.6 Å². The number of esters is 2. The van der Waals surface area contributed by atoms with Gasteiger partial charge < -0.3 is 9.47 Å². The number of ether oxygens (including phenoxy) is 2.